The van der Waals surface area contributed by atoms with Crippen molar-refractivity contribution in [3.63, 3.8) is 0 Å². The Morgan fingerprint density at radius 2 is 1.93 bits per heavy atom. The van der Waals surface area contributed by atoms with E-state index >= 15 is 0 Å². The van der Waals surface area contributed by atoms with Gasteiger partial charge in [-0.05, 0) is 75.4 Å². The fraction of sp³-hybridized carbons (Fsp3) is 0.267. The summed E-state index contributed by atoms with van der Waals surface area (Å²) in [6, 6.07) is 11.8. The molecule has 11 nitrogen and oxygen atoms in total. The Morgan fingerprint density at radius 1 is 1.12 bits per heavy atom. The van der Waals surface area contributed by atoms with E-state index in [9.17, 15) is 4.79 Å². The molecular weight excluding hydrogens is 518 g/mol. The number of aryl methyl sites for hydroxylation is 3. The number of imidazole rings is 1. The maximum Gasteiger partial charge on any atom is 0.245 e. The highest BCUT2D eigenvalue weighted by atomic mass is 16.5. The molecule has 0 atom stereocenters. The number of nitrogens with zero attached hydrogens (tertiary/aromatic N) is 7. The number of benzene rings is 2. The maximum absolute atomic E-state index is 11.9. The topological polar surface area (TPSA) is 122 Å². The number of anilines is 2. The van der Waals surface area contributed by atoms with Crippen molar-refractivity contribution in [2.24, 2.45) is 17.0 Å². The number of hydrogen-bond acceptors (Lipinski definition) is 7. The van der Waals surface area contributed by atoms with E-state index in [0.29, 0.717) is 36.2 Å². The summed E-state index contributed by atoms with van der Waals surface area (Å²) in [6.07, 6.45) is 6.17. The second kappa shape index (κ2) is 12.0. The van der Waals surface area contributed by atoms with Gasteiger partial charge in [-0.25, -0.2) is 24.9 Å². The number of aromatic nitrogens is 4. The van der Waals surface area contributed by atoms with E-state index in [2.05, 4.69) is 43.9 Å². The van der Waals surface area contributed by atoms with Gasteiger partial charge in [0.1, 0.15) is 23.5 Å². The lowest BCUT2D eigenvalue weighted by Gasteiger charge is -2.31. The molecule has 0 aliphatic carbocycles. The first-order valence-corrected chi connectivity index (χ1v) is 13.4. The molecule has 1 amide bonds. The van der Waals surface area contributed by atoms with Gasteiger partial charge in [-0.2, -0.15) is 0 Å². The number of aliphatic imine (C=N–C) groups is 2. The summed E-state index contributed by atoms with van der Waals surface area (Å²) in [5.41, 5.74) is 4.95. The minimum Gasteiger partial charge on any atom is -0.457 e. The number of rotatable bonds is 7. The number of ether oxygens (including phenoxy) is 1. The molecule has 0 bridgehead atoms. The summed E-state index contributed by atoms with van der Waals surface area (Å²) in [5, 5.41) is 6.71. The van der Waals surface area contributed by atoms with Crippen molar-refractivity contribution in [3.8, 4) is 11.5 Å². The number of hydrogen-bond donors (Lipinski definition) is 2. The number of likely N-dealkylation sites (tertiary alicyclic amines) is 1. The van der Waals surface area contributed by atoms with Crippen LogP contribution in [0.1, 0.15) is 24.1 Å². The third-order valence-corrected chi connectivity index (χ3v) is 7.05. The van der Waals surface area contributed by atoms with Gasteiger partial charge in [-0.3, -0.25) is 4.79 Å². The molecule has 41 heavy (non-hydrogen) atoms. The average molecular weight is 552 g/mol. The van der Waals surface area contributed by atoms with Gasteiger partial charge >= 0.3 is 0 Å². The lowest BCUT2D eigenvalue weighted by molar-refractivity contribution is -0.127. The predicted octanol–water partition coefficient (Wildman–Crippen LogP) is 4.97. The first kappa shape index (κ1) is 27.5. The third kappa shape index (κ3) is 6.24. The van der Waals surface area contributed by atoms with Gasteiger partial charge in [0, 0.05) is 37.9 Å². The molecule has 3 heterocycles. The SMILES string of the molecule is C=CC(=O)N1CCC(N/C(N=C)=N/c2c(C)ncnc2Nc2ccc(Oc3ccc4c(c3)ncn4C)c(C)c2)CC1. The highest BCUT2D eigenvalue weighted by Crippen LogP contribution is 2.32. The minimum atomic E-state index is -0.0484. The van der Waals surface area contributed by atoms with Crippen molar-refractivity contribution >= 4 is 46.8 Å². The molecule has 4 aromatic rings. The summed E-state index contributed by atoms with van der Waals surface area (Å²) >= 11 is 0. The van der Waals surface area contributed by atoms with Gasteiger partial charge < -0.3 is 24.8 Å². The zero-order valence-electron chi connectivity index (χ0n) is 23.5. The third-order valence-electron chi connectivity index (χ3n) is 7.05. The van der Waals surface area contributed by atoms with Crippen LogP contribution in [0.15, 0.2) is 71.7 Å². The van der Waals surface area contributed by atoms with Crippen molar-refractivity contribution in [1.29, 1.82) is 0 Å². The lowest BCUT2D eigenvalue weighted by atomic mass is 10.1. The molecule has 5 rings (SSSR count). The number of piperidine rings is 1. The van der Waals surface area contributed by atoms with E-state index in [4.69, 9.17) is 9.73 Å². The predicted molar refractivity (Wildman–Crippen MR) is 162 cm³/mol. The molecule has 2 aromatic heterocycles. The Balaban J connectivity index is 1.30. The highest BCUT2D eigenvalue weighted by molar-refractivity contribution is 5.89. The number of nitrogens with one attached hydrogen (secondary N) is 2. The average Bonchev–Trinajstić information content (AvgIpc) is 3.35. The molecule has 1 aliphatic rings. The van der Waals surface area contributed by atoms with Crippen LogP contribution >= 0.6 is 0 Å². The standard InChI is InChI=1S/C30H33N9O2/c1-6-27(40)39-13-11-21(12-14-39)36-30(31-4)37-28-20(3)32-17-33-29(28)35-22-7-10-26(19(2)15-22)41-23-8-9-25-24(16-23)34-18-38(25)5/h6-10,15-18,21H,1,4,11-14H2,2-3,5H3,(H,36,37)(H,32,33,35). The quantitative estimate of drug-likeness (QED) is 0.189. The minimum absolute atomic E-state index is 0.0484. The molecule has 210 valence electrons. The molecule has 1 fully saturated rings. The Kier molecular flexibility index (Phi) is 8.04. The molecule has 0 saturated carbocycles. The van der Waals surface area contributed by atoms with Crippen molar-refractivity contribution in [1.82, 2.24) is 29.7 Å². The zero-order valence-corrected chi connectivity index (χ0v) is 23.5. The first-order valence-electron chi connectivity index (χ1n) is 13.4. The Hall–Kier alpha value is -5.06. The van der Waals surface area contributed by atoms with Crippen molar-refractivity contribution in [3.05, 3.63) is 73.0 Å². The van der Waals surface area contributed by atoms with E-state index in [1.54, 1.807) is 11.2 Å². The van der Waals surface area contributed by atoms with Crippen LogP contribution in [-0.4, -0.2) is 62.1 Å². The van der Waals surface area contributed by atoms with Crippen molar-refractivity contribution in [2.45, 2.75) is 32.7 Å². The van der Waals surface area contributed by atoms with Crippen molar-refractivity contribution < 1.29 is 9.53 Å². The molecule has 11 heteroatoms. The van der Waals surface area contributed by atoms with Gasteiger partial charge in [0.2, 0.25) is 11.9 Å². The van der Waals surface area contributed by atoms with E-state index in [0.717, 1.165) is 46.6 Å². The molecule has 1 saturated heterocycles. The maximum atomic E-state index is 11.9. The van der Waals surface area contributed by atoms with Gasteiger partial charge in [-0.15, -0.1) is 0 Å². The van der Waals surface area contributed by atoms with Crippen LogP contribution in [0.4, 0.5) is 17.2 Å². The number of carbonyl (C=O) groups excluding carboxylic acids is 1. The summed E-state index contributed by atoms with van der Waals surface area (Å²) in [5.74, 6) is 2.33. The lowest BCUT2D eigenvalue weighted by Crippen LogP contribution is -2.45. The normalized spacial score (nSPS) is 14.1. The molecule has 2 N–H and O–H groups in total. The Morgan fingerprint density at radius 3 is 2.66 bits per heavy atom. The van der Waals surface area contributed by atoms with E-state index in [1.807, 2.05) is 61.9 Å². The van der Waals surface area contributed by atoms with Crippen LogP contribution < -0.4 is 15.4 Å². The van der Waals surface area contributed by atoms with Crippen LogP contribution in [0.25, 0.3) is 11.0 Å². The summed E-state index contributed by atoms with van der Waals surface area (Å²) in [6.45, 7) is 12.4. The highest BCUT2D eigenvalue weighted by Gasteiger charge is 2.22. The molecule has 0 unspecified atom stereocenters. The van der Waals surface area contributed by atoms with Crippen LogP contribution in [0, 0.1) is 13.8 Å². The van der Waals surface area contributed by atoms with Crippen LogP contribution in [0.5, 0.6) is 11.5 Å². The summed E-state index contributed by atoms with van der Waals surface area (Å²) in [7, 11) is 1.96. The molecular formula is C30H33N9O2. The van der Waals surface area contributed by atoms with Gasteiger partial charge in [0.15, 0.2) is 5.82 Å². The van der Waals surface area contributed by atoms with E-state index in [1.165, 1.54) is 12.4 Å². The van der Waals surface area contributed by atoms with E-state index in [-0.39, 0.29) is 11.9 Å². The second-order valence-corrected chi connectivity index (χ2v) is 9.91. The molecule has 1 aliphatic heterocycles. The summed E-state index contributed by atoms with van der Waals surface area (Å²) in [4.78, 5) is 35.7. The van der Waals surface area contributed by atoms with Gasteiger partial charge in [0.05, 0.1) is 23.1 Å². The Bertz CT molecular complexity index is 1630. The fourth-order valence-electron chi connectivity index (χ4n) is 4.75. The van der Waals surface area contributed by atoms with Crippen LogP contribution in [0.2, 0.25) is 0 Å². The second-order valence-electron chi connectivity index (χ2n) is 9.91. The van der Waals surface area contributed by atoms with Crippen LogP contribution in [0.3, 0.4) is 0 Å². The number of fused-ring (bicyclic) bond motifs is 1. The number of carbonyl (C=O) groups is 1. The molecule has 0 radical (unpaired) electrons. The molecule has 2 aromatic carbocycles. The Labute approximate surface area is 238 Å². The van der Waals surface area contributed by atoms with Gasteiger partial charge in [0.25, 0.3) is 0 Å². The largest absolute Gasteiger partial charge is 0.457 e. The van der Waals surface area contributed by atoms with E-state index < -0.39 is 0 Å². The monoisotopic (exact) mass is 551 g/mol. The zero-order chi connectivity index (χ0) is 28.9. The number of amides is 1. The van der Waals surface area contributed by atoms with Crippen LogP contribution in [-0.2, 0) is 11.8 Å². The van der Waals surface area contributed by atoms with Crippen molar-refractivity contribution in [2.75, 3.05) is 18.4 Å². The number of guanidine groups is 1. The first-order chi connectivity index (χ1) is 19.8. The smallest absolute Gasteiger partial charge is 0.245 e. The fourth-order valence-corrected chi connectivity index (χ4v) is 4.75. The molecule has 0 spiro atoms. The van der Waals surface area contributed by atoms with Gasteiger partial charge in [-0.1, -0.05) is 6.58 Å². The summed E-state index contributed by atoms with van der Waals surface area (Å²) < 4.78 is 8.13.